The lowest BCUT2D eigenvalue weighted by atomic mass is 10.1. The van der Waals surface area contributed by atoms with Gasteiger partial charge < -0.3 is 9.84 Å². The van der Waals surface area contributed by atoms with Gasteiger partial charge in [-0.05, 0) is 19.1 Å². The van der Waals surface area contributed by atoms with Crippen LogP contribution in [0.5, 0.6) is 5.75 Å². The molecule has 0 aliphatic carbocycles. The average molecular weight is 217 g/mol. The monoisotopic (exact) mass is 217 g/mol. The minimum Gasteiger partial charge on any atom is -0.492 e. The van der Waals surface area contributed by atoms with Gasteiger partial charge in [0.1, 0.15) is 11.3 Å². The summed E-state index contributed by atoms with van der Waals surface area (Å²) in [6.07, 6.45) is 1.48. The van der Waals surface area contributed by atoms with Crippen molar-refractivity contribution in [3.05, 3.63) is 36.0 Å². The minimum absolute atomic E-state index is 0.242. The van der Waals surface area contributed by atoms with Gasteiger partial charge >= 0.3 is 5.97 Å². The van der Waals surface area contributed by atoms with E-state index in [1.54, 1.807) is 18.2 Å². The summed E-state index contributed by atoms with van der Waals surface area (Å²) in [6, 6.07) is 6.76. The van der Waals surface area contributed by atoms with Gasteiger partial charge in [-0.3, -0.25) is 4.98 Å². The van der Waals surface area contributed by atoms with Crippen molar-refractivity contribution in [3.63, 3.8) is 0 Å². The summed E-state index contributed by atoms with van der Waals surface area (Å²) < 4.78 is 5.40. The van der Waals surface area contributed by atoms with Crippen LogP contribution < -0.4 is 4.74 Å². The molecule has 0 saturated heterocycles. The smallest absolute Gasteiger partial charge is 0.336 e. The maximum absolute atomic E-state index is 11.0. The van der Waals surface area contributed by atoms with E-state index in [0.717, 1.165) is 0 Å². The Morgan fingerprint density at radius 2 is 2.25 bits per heavy atom. The summed E-state index contributed by atoms with van der Waals surface area (Å²) in [5.74, 6) is -0.343. The molecule has 0 aliphatic rings. The third-order valence-corrected chi connectivity index (χ3v) is 2.26. The third kappa shape index (κ3) is 1.69. The molecule has 82 valence electrons. The van der Waals surface area contributed by atoms with Crippen LogP contribution in [0.3, 0.4) is 0 Å². The Kier molecular flexibility index (Phi) is 2.72. The van der Waals surface area contributed by atoms with Crippen molar-refractivity contribution in [1.82, 2.24) is 4.98 Å². The zero-order valence-corrected chi connectivity index (χ0v) is 8.80. The molecule has 1 aromatic carbocycles. The molecule has 0 bridgehead atoms. The third-order valence-electron chi connectivity index (χ3n) is 2.26. The average Bonchev–Trinajstić information content (AvgIpc) is 2.29. The Morgan fingerprint density at radius 3 is 2.94 bits per heavy atom. The number of para-hydroxylation sites is 1. The fourth-order valence-corrected chi connectivity index (χ4v) is 1.61. The first-order valence-electron chi connectivity index (χ1n) is 4.98. The lowest BCUT2D eigenvalue weighted by Crippen LogP contribution is -2.00. The first-order chi connectivity index (χ1) is 7.74. The number of benzene rings is 1. The van der Waals surface area contributed by atoms with E-state index >= 15 is 0 Å². The molecule has 2 aromatic rings. The number of pyridine rings is 1. The molecule has 0 unspecified atom stereocenters. The molecule has 1 heterocycles. The van der Waals surface area contributed by atoms with Gasteiger partial charge in [-0.15, -0.1) is 0 Å². The van der Waals surface area contributed by atoms with Crippen molar-refractivity contribution in [2.24, 2.45) is 0 Å². The Hall–Kier alpha value is -2.10. The van der Waals surface area contributed by atoms with Crippen molar-refractivity contribution in [3.8, 4) is 5.75 Å². The van der Waals surface area contributed by atoms with Crippen molar-refractivity contribution < 1.29 is 14.6 Å². The van der Waals surface area contributed by atoms with Crippen LogP contribution in [0, 0.1) is 0 Å². The molecule has 0 atom stereocenters. The molecule has 16 heavy (non-hydrogen) atoms. The van der Waals surface area contributed by atoms with Crippen LogP contribution >= 0.6 is 0 Å². The molecular formula is C12H11NO3. The molecule has 4 heteroatoms. The molecule has 0 saturated carbocycles. The Bertz CT molecular complexity index is 537. The number of ether oxygens (including phenoxy) is 1. The van der Waals surface area contributed by atoms with Crippen molar-refractivity contribution in [2.75, 3.05) is 6.61 Å². The zero-order chi connectivity index (χ0) is 11.5. The second-order valence-electron chi connectivity index (χ2n) is 3.25. The van der Waals surface area contributed by atoms with Gasteiger partial charge in [0.15, 0.2) is 0 Å². The van der Waals surface area contributed by atoms with E-state index in [1.165, 1.54) is 12.3 Å². The SMILES string of the molecule is CCOc1cccc2c(C(=O)O)ccnc12. The van der Waals surface area contributed by atoms with Crippen LogP contribution in [0.2, 0.25) is 0 Å². The highest BCUT2D eigenvalue weighted by atomic mass is 16.5. The van der Waals surface area contributed by atoms with Gasteiger partial charge in [0.2, 0.25) is 0 Å². The Labute approximate surface area is 92.5 Å². The van der Waals surface area contributed by atoms with Gasteiger partial charge in [0.25, 0.3) is 0 Å². The van der Waals surface area contributed by atoms with E-state index in [9.17, 15) is 4.79 Å². The van der Waals surface area contributed by atoms with Crippen molar-refractivity contribution in [2.45, 2.75) is 6.92 Å². The summed E-state index contributed by atoms with van der Waals surface area (Å²) in [4.78, 5) is 15.2. The number of carboxylic acid groups (broad SMARTS) is 1. The molecule has 0 radical (unpaired) electrons. The Balaban J connectivity index is 2.71. The number of rotatable bonds is 3. The van der Waals surface area contributed by atoms with Crippen molar-refractivity contribution in [1.29, 1.82) is 0 Å². The highest BCUT2D eigenvalue weighted by Gasteiger charge is 2.11. The van der Waals surface area contributed by atoms with Crippen LogP contribution in [-0.4, -0.2) is 22.7 Å². The maximum atomic E-state index is 11.0. The first kappa shape index (κ1) is 10.4. The molecule has 1 N–H and O–H groups in total. The molecule has 0 spiro atoms. The summed E-state index contributed by atoms with van der Waals surface area (Å²) in [5, 5.41) is 9.63. The van der Waals surface area contributed by atoms with Crippen LogP contribution in [0.4, 0.5) is 0 Å². The molecule has 0 aliphatic heterocycles. The summed E-state index contributed by atoms with van der Waals surface area (Å²) >= 11 is 0. The quantitative estimate of drug-likeness (QED) is 0.857. The largest absolute Gasteiger partial charge is 0.492 e. The Morgan fingerprint density at radius 1 is 1.44 bits per heavy atom. The topological polar surface area (TPSA) is 59.4 Å². The summed E-state index contributed by atoms with van der Waals surface area (Å²) in [6.45, 7) is 2.40. The fourth-order valence-electron chi connectivity index (χ4n) is 1.61. The number of hydrogen-bond acceptors (Lipinski definition) is 3. The minimum atomic E-state index is -0.957. The molecule has 0 fully saturated rings. The van der Waals surface area contributed by atoms with Gasteiger partial charge in [-0.2, -0.15) is 0 Å². The fraction of sp³-hybridized carbons (Fsp3) is 0.167. The normalized spacial score (nSPS) is 10.3. The zero-order valence-electron chi connectivity index (χ0n) is 8.80. The highest BCUT2D eigenvalue weighted by molar-refractivity contribution is 6.03. The van der Waals surface area contributed by atoms with Crippen LogP contribution in [0.15, 0.2) is 30.5 Å². The number of carbonyl (C=O) groups is 1. The molecular weight excluding hydrogens is 206 g/mol. The standard InChI is InChI=1S/C12H11NO3/c1-2-16-10-5-3-4-8-9(12(14)15)6-7-13-11(8)10/h3-7H,2H2,1H3,(H,14,15). The molecule has 0 amide bonds. The second-order valence-corrected chi connectivity index (χ2v) is 3.25. The highest BCUT2D eigenvalue weighted by Crippen LogP contribution is 2.25. The number of aromatic nitrogens is 1. The molecule has 2 rings (SSSR count). The van der Waals surface area contributed by atoms with Gasteiger partial charge in [0, 0.05) is 11.6 Å². The van der Waals surface area contributed by atoms with E-state index in [4.69, 9.17) is 9.84 Å². The first-order valence-corrected chi connectivity index (χ1v) is 4.98. The molecule has 4 nitrogen and oxygen atoms in total. The molecule has 1 aromatic heterocycles. The number of aromatic carboxylic acids is 1. The van der Waals surface area contributed by atoms with Crippen molar-refractivity contribution >= 4 is 16.9 Å². The summed E-state index contributed by atoms with van der Waals surface area (Å²) in [5.41, 5.74) is 0.829. The van der Waals surface area contributed by atoms with E-state index in [-0.39, 0.29) is 5.56 Å². The second kappa shape index (κ2) is 4.18. The number of fused-ring (bicyclic) bond motifs is 1. The number of nitrogens with zero attached hydrogens (tertiary/aromatic N) is 1. The predicted octanol–water partition coefficient (Wildman–Crippen LogP) is 2.33. The maximum Gasteiger partial charge on any atom is 0.336 e. The van der Waals surface area contributed by atoms with E-state index < -0.39 is 5.97 Å². The van der Waals surface area contributed by atoms with E-state index in [1.807, 2.05) is 6.92 Å². The van der Waals surface area contributed by atoms with Crippen LogP contribution in [-0.2, 0) is 0 Å². The lowest BCUT2D eigenvalue weighted by Gasteiger charge is -2.07. The van der Waals surface area contributed by atoms with E-state index in [0.29, 0.717) is 23.3 Å². The van der Waals surface area contributed by atoms with Gasteiger partial charge in [0.05, 0.1) is 12.2 Å². The van der Waals surface area contributed by atoms with Crippen LogP contribution in [0.1, 0.15) is 17.3 Å². The number of carboxylic acids is 1. The number of hydrogen-bond donors (Lipinski definition) is 1. The predicted molar refractivity (Wildman–Crippen MR) is 59.9 cm³/mol. The van der Waals surface area contributed by atoms with E-state index in [2.05, 4.69) is 4.98 Å². The summed E-state index contributed by atoms with van der Waals surface area (Å²) in [7, 11) is 0. The van der Waals surface area contributed by atoms with Gasteiger partial charge in [-0.25, -0.2) is 4.79 Å². The van der Waals surface area contributed by atoms with Crippen LogP contribution in [0.25, 0.3) is 10.9 Å². The lowest BCUT2D eigenvalue weighted by molar-refractivity contribution is 0.0699. The van der Waals surface area contributed by atoms with Gasteiger partial charge in [-0.1, -0.05) is 12.1 Å².